The van der Waals surface area contributed by atoms with Crippen molar-refractivity contribution in [3.63, 3.8) is 0 Å². The Labute approximate surface area is 151 Å². The summed E-state index contributed by atoms with van der Waals surface area (Å²) in [5, 5.41) is 11.1. The van der Waals surface area contributed by atoms with Gasteiger partial charge in [0, 0.05) is 23.5 Å². The molecule has 0 aliphatic heterocycles. The van der Waals surface area contributed by atoms with Crippen LogP contribution in [0.1, 0.15) is 18.1 Å². The number of aryl methyl sites for hydroxylation is 1. The van der Waals surface area contributed by atoms with Crippen molar-refractivity contribution < 1.29 is 4.39 Å². The fourth-order valence-corrected chi connectivity index (χ4v) is 2.75. The van der Waals surface area contributed by atoms with Crippen molar-refractivity contribution in [3.8, 4) is 0 Å². The van der Waals surface area contributed by atoms with E-state index in [-0.39, 0.29) is 5.82 Å². The molecule has 4 nitrogen and oxygen atoms in total. The molecule has 25 heavy (non-hydrogen) atoms. The predicted octanol–water partition coefficient (Wildman–Crippen LogP) is 4.44. The van der Waals surface area contributed by atoms with Crippen LogP contribution in [0.3, 0.4) is 0 Å². The fourth-order valence-electron chi connectivity index (χ4n) is 2.54. The van der Waals surface area contributed by atoms with Gasteiger partial charge in [-0.05, 0) is 36.3 Å². The molecule has 0 spiro atoms. The van der Waals surface area contributed by atoms with Crippen LogP contribution >= 0.6 is 12.2 Å². The first-order valence-electron chi connectivity index (χ1n) is 8.08. The molecule has 0 atom stereocenters. The number of aromatic nitrogens is 2. The van der Waals surface area contributed by atoms with Crippen molar-refractivity contribution in [3.05, 3.63) is 77.7 Å². The lowest BCUT2D eigenvalue weighted by atomic mass is 10.1. The maximum absolute atomic E-state index is 13.7. The van der Waals surface area contributed by atoms with Gasteiger partial charge in [0.2, 0.25) is 0 Å². The Kier molecular flexibility index (Phi) is 5.40. The molecule has 3 aromatic rings. The maximum atomic E-state index is 13.7. The quantitative estimate of drug-likeness (QED) is 0.665. The molecule has 6 heteroatoms. The molecule has 0 amide bonds. The van der Waals surface area contributed by atoms with Crippen molar-refractivity contribution in [1.29, 1.82) is 0 Å². The van der Waals surface area contributed by atoms with Crippen molar-refractivity contribution in [2.75, 3.05) is 10.6 Å². The van der Waals surface area contributed by atoms with Crippen molar-refractivity contribution >= 4 is 28.8 Å². The number of para-hydroxylation sites is 1. The highest BCUT2D eigenvalue weighted by atomic mass is 32.1. The third-order valence-corrected chi connectivity index (χ3v) is 4.02. The zero-order valence-electron chi connectivity index (χ0n) is 13.9. The van der Waals surface area contributed by atoms with E-state index in [4.69, 9.17) is 12.2 Å². The van der Waals surface area contributed by atoms with E-state index in [1.807, 2.05) is 24.3 Å². The molecule has 3 rings (SSSR count). The standard InChI is InChI=1S/C19H19FN4S/c1-2-14-7-4-6-10-17(14)21-19(25)22-18-11-12-24(23-18)13-15-8-3-5-9-16(15)20/h3-12H,2,13H2,1H3,(H2,21,22,23,25). The Hall–Kier alpha value is -2.73. The number of hydrogen-bond acceptors (Lipinski definition) is 2. The molecule has 0 bridgehead atoms. The van der Waals surface area contributed by atoms with Crippen LogP contribution < -0.4 is 10.6 Å². The van der Waals surface area contributed by atoms with Crippen LogP contribution in [-0.2, 0) is 13.0 Å². The second kappa shape index (κ2) is 7.90. The minimum Gasteiger partial charge on any atom is -0.332 e. The summed E-state index contributed by atoms with van der Waals surface area (Å²) in [6.45, 7) is 2.47. The Bertz CT molecular complexity index is 875. The van der Waals surface area contributed by atoms with Gasteiger partial charge in [0.1, 0.15) is 5.82 Å². The molecule has 128 valence electrons. The molecular weight excluding hydrogens is 335 g/mol. The maximum Gasteiger partial charge on any atom is 0.176 e. The molecule has 0 fully saturated rings. The average Bonchev–Trinajstić information content (AvgIpc) is 3.04. The van der Waals surface area contributed by atoms with Gasteiger partial charge in [0.15, 0.2) is 10.9 Å². The largest absolute Gasteiger partial charge is 0.332 e. The Morgan fingerprint density at radius 2 is 1.76 bits per heavy atom. The van der Waals surface area contributed by atoms with Crippen LogP contribution in [0.5, 0.6) is 0 Å². The van der Waals surface area contributed by atoms with Gasteiger partial charge in [-0.2, -0.15) is 5.10 Å². The lowest BCUT2D eigenvalue weighted by molar-refractivity contribution is 0.586. The minimum atomic E-state index is -0.235. The zero-order chi connectivity index (χ0) is 17.6. The smallest absolute Gasteiger partial charge is 0.176 e. The topological polar surface area (TPSA) is 41.9 Å². The van der Waals surface area contributed by atoms with Gasteiger partial charge in [-0.1, -0.05) is 43.3 Å². The Morgan fingerprint density at radius 1 is 1.04 bits per heavy atom. The van der Waals surface area contributed by atoms with Gasteiger partial charge < -0.3 is 10.6 Å². The van der Waals surface area contributed by atoms with E-state index < -0.39 is 0 Å². The van der Waals surface area contributed by atoms with E-state index in [9.17, 15) is 4.39 Å². The molecule has 0 saturated carbocycles. The van der Waals surface area contributed by atoms with E-state index >= 15 is 0 Å². The van der Waals surface area contributed by atoms with E-state index in [0.29, 0.717) is 23.0 Å². The van der Waals surface area contributed by atoms with Crippen LogP contribution in [0.25, 0.3) is 0 Å². The highest BCUT2D eigenvalue weighted by Gasteiger charge is 2.06. The monoisotopic (exact) mass is 354 g/mol. The van der Waals surface area contributed by atoms with Crippen molar-refractivity contribution in [2.45, 2.75) is 19.9 Å². The van der Waals surface area contributed by atoms with Gasteiger partial charge >= 0.3 is 0 Å². The molecule has 0 unspecified atom stereocenters. The summed E-state index contributed by atoms with van der Waals surface area (Å²) in [4.78, 5) is 0. The van der Waals surface area contributed by atoms with Gasteiger partial charge in [0.05, 0.1) is 6.54 Å². The lowest BCUT2D eigenvalue weighted by Crippen LogP contribution is -2.20. The highest BCUT2D eigenvalue weighted by Crippen LogP contribution is 2.16. The normalized spacial score (nSPS) is 10.5. The first-order valence-corrected chi connectivity index (χ1v) is 8.49. The van der Waals surface area contributed by atoms with Crippen LogP contribution in [0.15, 0.2) is 60.8 Å². The van der Waals surface area contributed by atoms with Gasteiger partial charge in [-0.15, -0.1) is 0 Å². The summed E-state index contributed by atoms with van der Waals surface area (Å²) >= 11 is 5.35. The molecule has 0 aliphatic carbocycles. The fraction of sp³-hybridized carbons (Fsp3) is 0.158. The van der Waals surface area contributed by atoms with Gasteiger partial charge in [-0.3, -0.25) is 4.68 Å². The minimum absolute atomic E-state index is 0.235. The first-order chi connectivity index (χ1) is 12.2. The summed E-state index contributed by atoms with van der Waals surface area (Å²) in [5.74, 6) is 0.378. The SMILES string of the molecule is CCc1ccccc1NC(=S)Nc1ccn(Cc2ccccc2F)n1. The number of hydrogen-bond donors (Lipinski definition) is 2. The number of rotatable bonds is 5. The molecule has 1 aromatic heterocycles. The average molecular weight is 354 g/mol. The second-order valence-electron chi connectivity index (χ2n) is 5.58. The summed E-state index contributed by atoms with van der Waals surface area (Å²) in [7, 11) is 0. The number of nitrogens with zero attached hydrogens (tertiary/aromatic N) is 2. The van der Waals surface area contributed by atoms with Crippen LogP contribution in [0.4, 0.5) is 15.9 Å². The second-order valence-corrected chi connectivity index (χ2v) is 5.99. The number of anilines is 2. The summed E-state index contributed by atoms with van der Waals surface area (Å²) in [5.41, 5.74) is 2.76. The van der Waals surface area contributed by atoms with Crippen molar-refractivity contribution in [2.24, 2.45) is 0 Å². The Morgan fingerprint density at radius 3 is 2.52 bits per heavy atom. The van der Waals surface area contributed by atoms with E-state index in [1.165, 1.54) is 11.6 Å². The number of halogens is 1. The zero-order valence-corrected chi connectivity index (χ0v) is 14.7. The number of thiocarbonyl (C=S) groups is 1. The molecule has 0 aliphatic rings. The number of benzene rings is 2. The summed E-state index contributed by atoms with van der Waals surface area (Å²) in [6.07, 6.45) is 2.71. The predicted molar refractivity (Wildman–Crippen MR) is 103 cm³/mol. The van der Waals surface area contributed by atoms with Crippen LogP contribution in [0.2, 0.25) is 0 Å². The highest BCUT2D eigenvalue weighted by molar-refractivity contribution is 7.80. The first kappa shape index (κ1) is 17.1. The summed E-state index contributed by atoms with van der Waals surface area (Å²) in [6, 6.07) is 16.5. The third kappa shape index (κ3) is 4.42. The molecule has 0 radical (unpaired) electrons. The summed E-state index contributed by atoms with van der Waals surface area (Å²) < 4.78 is 15.4. The lowest BCUT2D eigenvalue weighted by Gasteiger charge is -2.12. The van der Waals surface area contributed by atoms with Crippen LogP contribution in [0, 0.1) is 5.82 Å². The molecule has 1 heterocycles. The third-order valence-electron chi connectivity index (χ3n) is 3.82. The number of nitrogens with one attached hydrogen (secondary N) is 2. The molecular formula is C19H19FN4S. The van der Waals surface area contributed by atoms with Gasteiger partial charge in [-0.25, -0.2) is 4.39 Å². The molecule has 2 N–H and O–H groups in total. The van der Waals surface area contributed by atoms with Crippen LogP contribution in [-0.4, -0.2) is 14.9 Å². The van der Waals surface area contributed by atoms with Crippen molar-refractivity contribution in [1.82, 2.24) is 9.78 Å². The molecule has 0 saturated heterocycles. The van der Waals surface area contributed by atoms with E-state index in [1.54, 1.807) is 29.1 Å². The van der Waals surface area contributed by atoms with E-state index in [2.05, 4.69) is 28.7 Å². The Balaban J connectivity index is 1.63. The van der Waals surface area contributed by atoms with Gasteiger partial charge in [0.25, 0.3) is 0 Å². The molecule has 2 aromatic carbocycles. The van der Waals surface area contributed by atoms with E-state index in [0.717, 1.165) is 12.1 Å².